The Bertz CT molecular complexity index is 396. The number of benzene rings is 1. The quantitative estimate of drug-likeness (QED) is 0.866. The number of aromatic hydroxyl groups is 1. The number of phenols is 1. The monoisotopic (exact) mass is 323 g/mol. The molecular weight excluding hydrogens is 308 g/mol. The zero-order valence-electron chi connectivity index (χ0n) is 9.33. The molecule has 0 spiro atoms. The lowest BCUT2D eigenvalue weighted by molar-refractivity contribution is 0.395. The van der Waals surface area contributed by atoms with E-state index in [1.807, 2.05) is 0 Å². The third kappa shape index (κ3) is 2.92. The lowest BCUT2D eigenvalue weighted by Gasteiger charge is -2.21. The molecule has 2 rings (SSSR count). The number of rotatable bonds is 2. The molecule has 0 aromatic heterocycles. The molecule has 5 heteroatoms. The molecule has 1 aliphatic carbocycles. The molecule has 1 aliphatic rings. The van der Waals surface area contributed by atoms with Gasteiger partial charge in [-0.15, -0.1) is 12.4 Å². The highest BCUT2D eigenvalue weighted by Gasteiger charge is 2.28. The van der Waals surface area contributed by atoms with Crippen LogP contribution in [0.3, 0.4) is 0 Å². The zero-order valence-corrected chi connectivity index (χ0v) is 11.7. The summed E-state index contributed by atoms with van der Waals surface area (Å²) in [4.78, 5) is 0. The number of halogens is 3. The van der Waals surface area contributed by atoms with Crippen LogP contribution in [-0.2, 0) is 0 Å². The summed E-state index contributed by atoms with van der Waals surface area (Å²) in [5.41, 5.74) is 6.30. The summed E-state index contributed by atoms with van der Waals surface area (Å²) < 4.78 is 14.2. The minimum Gasteiger partial charge on any atom is -0.506 e. The largest absolute Gasteiger partial charge is 0.506 e. The maximum Gasteiger partial charge on any atom is 0.137 e. The summed E-state index contributed by atoms with van der Waals surface area (Å²) in [7, 11) is 0. The van der Waals surface area contributed by atoms with E-state index < -0.39 is 11.9 Å². The van der Waals surface area contributed by atoms with Crippen LogP contribution < -0.4 is 5.73 Å². The Balaban J connectivity index is 0.00000144. The van der Waals surface area contributed by atoms with Crippen LogP contribution in [0.15, 0.2) is 16.6 Å². The second-order valence-corrected chi connectivity index (χ2v) is 5.22. The van der Waals surface area contributed by atoms with Crippen molar-refractivity contribution in [2.75, 3.05) is 0 Å². The maximum absolute atomic E-state index is 13.7. The third-order valence-corrected chi connectivity index (χ3v) is 4.00. The Morgan fingerprint density at radius 3 is 2.53 bits per heavy atom. The molecule has 1 atom stereocenters. The first-order valence-electron chi connectivity index (χ1n) is 5.53. The Morgan fingerprint density at radius 2 is 1.94 bits per heavy atom. The van der Waals surface area contributed by atoms with Gasteiger partial charge in [-0.2, -0.15) is 0 Å². The lowest BCUT2D eigenvalue weighted by atomic mass is 9.91. The second kappa shape index (κ2) is 6.03. The van der Waals surface area contributed by atoms with Gasteiger partial charge in [-0.3, -0.25) is 0 Å². The van der Waals surface area contributed by atoms with Crippen molar-refractivity contribution < 1.29 is 9.50 Å². The van der Waals surface area contributed by atoms with E-state index >= 15 is 0 Å². The number of nitrogens with two attached hydrogens (primary N) is 1. The SMILES string of the molecule is Cl.N[C@H](c1c(F)ccc(Br)c1O)C1CCCC1. The standard InChI is InChI=1S/C12H15BrFNO.ClH/c13-8-5-6-9(14)10(12(8)16)11(15)7-3-1-2-4-7;/h5-7,11,16H,1-4,15H2;1H/t11-;/m0./s1. The average Bonchev–Trinajstić information content (AvgIpc) is 2.77. The van der Waals surface area contributed by atoms with Crippen LogP contribution in [0, 0.1) is 11.7 Å². The van der Waals surface area contributed by atoms with Crippen molar-refractivity contribution in [3.05, 3.63) is 28.0 Å². The molecule has 1 aromatic rings. The molecule has 96 valence electrons. The number of hydrogen-bond acceptors (Lipinski definition) is 2. The van der Waals surface area contributed by atoms with Gasteiger partial charge in [0.05, 0.1) is 4.47 Å². The smallest absolute Gasteiger partial charge is 0.137 e. The third-order valence-electron chi connectivity index (χ3n) is 3.36. The minimum atomic E-state index is -0.417. The highest BCUT2D eigenvalue weighted by Crippen LogP contribution is 2.40. The molecule has 1 aromatic carbocycles. The highest BCUT2D eigenvalue weighted by molar-refractivity contribution is 9.10. The van der Waals surface area contributed by atoms with Gasteiger partial charge in [0.15, 0.2) is 0 Å². The summed E-state index contributed by atoms with van der Waals surface area (Å²) in [6.45, 7) is 0. The van der Waals surface area contributed by atoms with Crippen LogP contribution in [-0.4, -0.2) is 5.11 Å². The fraction of sp³-hybridized carbons (Fsp3) is 0.500. The van der Waals surface area contributed by atoms with Gasteiger partial charge in [-0.05, 0) is 46.8 Å². The van der Waals surface area contributed by atoms with Crippen LogP contribution in [0.2, 0.25) is 0 Å². The fourth-order valence-electron chi connectivity index (χ4n) is 2.43. The van der Waals surface area contributed by atoms with E-state index in [-0.39, 0.29) is 29.6 Å². The van der Waals surface area contributed by atoms with Crippen LogP contribution in [0.1, 0.15) is 37.3 Å². The van der Waals surface area contributed by atoms with E-state index in [4.69, 9.17) is 5.73 Å². The van der Waals surface area contributed by atoms with Gasteiger partial charge >= 0.3 is 0 Å². The Labute approximate surface area is 115 Å². The molecule has 0 bridgehead atoms. The topological polar surface area (TPSA) is 46.2 Å². The molecular formula is C12H16BrClFNO. The summed E-state index contributed by atoms with van der Waals surface area (Å²) in [5, 5.41) is 9.84. The molecule has 0 aliphatic heterocycles. The Kier molecular flexibility index (Phi) is 5.22. The van der Waals surface area contributed by atoms with Gasteiger partial charge in [0.25, 0.3) is 0 Å². The summed E-state index contributed by atoms with van der Waals surface area (Å²) in [6, 6.07) is 2.43. The second-order valence-electron chi connectivity index (χ2n) is 4.36. The maximum atomic E-state index is 13.7. The van der Waals surface area contributed by atoms with Crippen LogP contribution in [0.5, 0.6) is 5.75 Å². The number of hydrogen-bond donors (Lipinski definition) is 2. The average molecular weight is 325 g/mol. The van der Waals surface area contributed by atoms with Gasteiger partial charge in [0, 0.05) is 11.6 Å². The van der Waals surface area contributed by atoms with Gasteiger partial charge in [-0.25, -0.2) is 4.39 Å². The molecule has 3 N–H and O–H groups in total. The molecule has 1 saturated carbocycles. The van der Waals surface area contributed by atoms with E-state index in [1.165, 1.54) is 12.1 Å². The molecule has 0 saturated heterocycles. The normalized spacial score (nSPS) is 17.8. The molecule has 1 fully saturated rings. The Morgan fingerprint density at radius 1 is 1.35 bits per heavy atom. The molecule has 0 radical (unpaired) electrons. The first-order chi connectivity index (χ1) is 7.61. The Hall–Kier alpha value is -0.320. The molecule has 2 nitrogen and oxygen atoms in total. The number of phenolic OH excluding ortho intramolecular Hbond substituents is 1. The van der Waals surface area contributed by atoms with Crippen molar-refractivity contribution in [1.29, 1.82) is 0 Å². The van der Waals surface area contributed by atoms with Crippen LogP contribution in [0.25, 0.3) is 0 Å². The fourth-order valence-corrected chi connectivity index (χ4v) is 2.77. The van der Waals surface area contributed by atoms with Crippen molar-refractivity contribution in [3.63, 3.8) is 0 Å². The highest BCUT2D eigenvalue weighted by atomic mass is 79.9. The van der Waals surface area contributed by atoms with E-state index in [9.17, 15) is 9.50 Å². The van der Waals surface area contributed by atoms with E-state index in [1.54, 1.807) is 0 Å². The first kappa shape index (κ1) is 14.7. The predicted molar refractivity (Wildman–Crippen MR) is 71.9 cm³/mol. The van der Waals surface area contributed by atoms with Gasteiger partial charge in [-0.1, -0.05) is 12.8 Å². The predicted octanol–water partition coefficient (Wildman–Crippen LogP) is 3.91. The van der Waals surface area contributed by atoms with E-state index in [0.29, 0.717) is 4.47 Å². The van der Waals surface area contributed by atoms with Crippen molar-refractivity contribution in [1.82, 2.24) is 0 Å². The van der Waals surface area contributed by atoms with Crippen molar-refractivity contribution >= 4 is 28.3 Å². The molecule has 0 amide bonds. The van der Waals surface area contributed by atoms with Crippen molar-refractivity contribution in [2.24, 2.45) is 11.7 Å². The lowest BCUT2D eigenvalue weighted by Crippen LogP contribution is -2.20. The summed E-state index contributed by atoms with van der Waals surface area (Å²) in [5.74, 6) is -0.186. The first-order valence-corrected chi connectivity index (χ1v) is 6.33. The summed E-state index contributed by atoms with van der Waals surface area (Å²) >= 11 is 3.18. The van der Waals surface area contributed by atoms with Gasteiger partial charge < -0.3 is 10.8 Å². The van der Waals surface area contributed by atoms with Crippen LogP contribution in [0.4, 0.5) is 4.39 Å². The van der Waals surface area contributed by atoms with Crippen molar-refractivity contribution in [2.45, 2.75) is 31.7 Å². The van der Waals surface area contributed by atoms with Crippen molar-refractivity contribution in [3.8, 4) is 5.75 Å². The molecule has 17 heavy (non-hydrogen) atoms. The van der Waals surface area contributed by atoms with Gasteiger partial charge in [0.1, 0.15) is 11.6 Å². The van der Waals surface area contributed by atoms with E-state index in [2.05, 4.69) is 15.9 Å². The zero-order chi connectivity index (χ0) is 11.7. The van der Waals surface area contributed by atoms with E-state index in [0.717, 1.165) is 25.7 Å². The summed E-state index contributed by atoms with van der Waals surface area (Å²) in [6.07, 6.45) is 4.34. The molecule has 0 heterocycles. The van der Waals surface area contributed by atoms with Gasteiger partial charge in [0.2, 0.25) is 0 Å². The van der Waals surface area contributed by atoms with Crippen LogP contribution >= 0.6 is 28.3 Å². The minimum absolute atomic E-state index is 0. The molecule has 0 unspecified atom stereocenters.